The molecule has 23 heavy (non-hydrogen) atoms. The number of nitrogens with zero attached hydrogens (tertiary/aromatic N) is 3. The second-order valence-electron chi connectivity index (χ2n) is 4.26. The Morgan fingerprint density at radius 2 is 1.91 bits per heavy atom. The molecule has 2 rings (SSSR count). The van der Waals surface area contributed by atoms with Gasteiger partial charge in [-0.05, 0) is 30.3 Å². The summed E-state index contributed by atoms with van der Waals surface area (Å²) in [5.41, 5.74) is 4.36. The number of hydroxylamine groups is 1. The molecule has 0 aromatic heterocycles. The average Bonchev–Trinajstić information content (AvgIpc) is 2.56. The van der Waals surface area contributed by atoms with E-state index in [1.54, 1.807) is 35.8 Å². The molecule has 0 fully saturated rings. The molecule has 0 spiro atoms. The highest BCUT2D eigenvalue weighted by molar-refractivity contribution is 5.86. The minimum atomic E-state index is -0.627. The van der Waals surface area contributed by atoms with Crippen molar-refractivity contribution < 1.29 is 14.8 Å². The quantitative estimate of drug-likeness (QED) is 0.390. The first-order chi connectivity index (χ1) is 11.1. The zero-order chi connectivity index (χ0) is 16.7. The van der Waals surface area contributed by atoms with E-state index in [9.17, 15) is 9.60 Å². The summed E-state index contributed by atoms with van der Waals surface area (Å²) >= 11 is 0. The normalized spacial score (nSPS) is 11.6. The van der Waals surface area contributed by atoms with E-state index in [0.717, 1.165) is 18.3 Å². The average molecular weight is 318 g/mol. The topological polar surface area (TPSA) is 116 Å². The van der Waals surface area contributed by atoms with Crippen molar-refractivity contribution in [2.75, 3.05) is 5.23 Å². The molecule has 8 nitrogen and oxygen atoms in total. The summed E-state index contributed by atoms with van der Waals surface area (Å²) in [4.78, 5) is 3.96. The molecular weight excluding hydrogens is 305 g/mol. The first-order valence-electron chi connectivity index (χ1n) is 6.38. The lowest BCUT2D eigenvalue weighted by atomic mass is 10.2. The molecule has 0 atom stereocenters. The van der Waals surface area contributed by atoms with Gasteiger partial charge in [0, 0.05) is 5.56 Å². The van der Waals surface area contributed by atoms with Gasteiger partial charge < -0.3 is 10.7 Å². The van der Waals surface area contributed by atoms with Gasteiger partial charge in [0.1, 0.15) is 5.82 Å². The number of benzene rings is 2. The number of hydrazone groups is 1. The maximum atomic E-state index is 13.6. The van der Waals surface area contributed by atoms with Crippen molar-refractivity contribution in [1.82, 2.24) is 10.9 Å². The van der Waals surface area contributed by atoms with E-state index in [0.29, 0.717) is 5.69 Å². The van der Waals surface area contributed by atoms with Crippen molar-refractivity contribution in [3.63, 3.8) is 0 Å². The molecule has 2 aromatic carbocycles. The summed E-state index contributed by atoms with van der Waals surface area (Å²) in [5, 5.41) is 32.1. The smallest absolute Gasteiger partial charge is 0.206 e. The van der Waals surface area contributed by atoms with Gasteiger partial charge >= 0.3 is 0 Å². The fourth-order valence-corrected chi connectivity index (χ4v) is 1.62. The number of aliphatic imine (C=N–C) groups is 1. The molecule has 0 saturated heterocycles. The SMILES string of the molecule is [O-]NC(=Nc1ccccc1)N/N=C/c1cc(N(O)O)ccc1F. The number of rotatable bonds is 4. The predicted molar refractivity (Wildman–Crippen MR) is 83.2 cm³/mol. The maximum Gasteiger partial charge on any atom is 0.206 e. The van der Waals surface area contributed by atoms with Crippen LogP contribution in [0.4, 0.5) is 15.8 Å². The van der Waals surface area contributed by atoms with Gasteiger partial charge in [-0.2, -0.15) is 5.10 Å². The van der Waals surface area contributed by atoms with Gasteiger partial charge in [-0.15, -0.1) is 5.23 Å². The van der Waals surface area contributed by atoms with Gasteiger partial charge in [-0.1, -0.05) is 18.2 Å². The Kier molecular flexibility index (Phi) is 5.58. The fourth-order valence-electron chi connectivity index (χ4n) is 1.62. The Morgan fingerprint density at radius 1 is 1.17 bits per heavy atom. The van der Waals surface area contributed by atoms with Crippen LogP contribution in [-0.2, 0) is 0 Å². The first kappa shape index (κ1) is 16.4. The van der Waals surface area contributed by atoms with Gasteiger partial charge in [0.25, 0.3) is 0 Å². The van der Waals surface area contributed by atoms with Gasteiger partial charge in [0.15, 0.2) is 0 Å². The molecule has 0 unspecified atom stereocenters. The summed E-state index contributed by atoms with van der Waals surface area (Å²) in [6.07, 6.45) is 1.07. The van der Waals surface area contributed by atoms with E-state index in [1.807, 2.05) is 0 Å². The van der Waals surface area contributed by atoms with Crippen LogP contribution in [0.25, 0.3) is 0 Å². The van der Waals surface area contributed by atoms with E-state index in [2.05, 4.69) is 15.5 Å². The Hall–Kier alpha value is -3.01. The lowest BCUT2D eigenvalue weighted by Gasteiger charge is -2.12. The van der Waals surface area contributed by atoms with E-state index in [1.165, 1.54) is 6.07 Å². The van der Waals surface area contributed by atoms with Crippen LogP contribution in [0.5, 0.6) is 0 Å². The molecule has 9 heteroatoms. The minimum absolute atomic E-state index is 0.0203. The van der Waals surface area contributed by atoms with Crippen LogP contribution in [0, 0.1) is 11.0 Å². The Balaban J connectivity index is 2.11. The molecule has 0 saturated carbocycles. The zero-order valence-electron chi connectivity index (χ0n) is 11.7. The summed E-state index contributed by atoms with van der Waals surface area (Å²) in [6, 6.07) is 12.0. The fraction of sp³-hybridized carbons (Fsp3) is 0. The van der Waals surface area contributed by atoms with Crippen LogP contribution in [0.2, 0.25) is 0 Å². The first-order valence-corrected chi connectivity index (χ1v) is 6.38. The van der Waals surface area contributed by atoms with Crippen LogP contribution in [0.15, 0.2) is 58.6 Å². The number of hydrogen-bond acceptors (Lipinski definition) is 6. The number of nitrogens with one attached hydrogen (secondary N) is 2. The number of guanidine groups is 1. The lowest BCUT2D eigenvalue weighted by molar-refractivity contribution is 0.0291. The van der Waals surface area contributed by atoms with Crippen molar-refractivity contribution in [3.8, 4) is 0 Å². The molecule has 0 bridgehead atoms. The maximum absolute atomic E-state index is 13.6. The number of anilines is 1. The number of halogens is 1. The highest BCUT2D eigenvalue weighted by Gasteiger charge is 2.04. The van der Waals surface area contributed by atoms with Gasteiger partial charge in [0.2, 0.25) is 5.96 Å². The van der Waals surface area contributed by atoms with Crippen molar-refractivity contribution in [3.05, 3.63) is 65.1 Å². The molecule has 120 valence electrons. The van der Waals surface area contributed by atoms with Crippen LogP contribution < -0.4 is 16.1 Å². The van der Waals surface area contributed by atoms with E-state index in [4.69, 9.17) is 10.4 Å². The van der Waals surface area contributed by atoms with Gasteiger partial charge in [-0.3, -0.25) is 10.4 Å². The molecule has 4 N–H and O–H groups in total. The van der Waals surface area contributed by atoms with E-state index >= 15 is 0 Å². The molecule has 2 aromatic rings. The molecule has 0 heterocycles. The molecule has 0 aliphatic rings. The Bertz CT molecular complexity index is 707. The zero-order valence-corrected chi connectivity index (χ0v) is 11.7. The summed E-state index contributed by atoms with van der Waals surface area (Å²) in [6.45, 7) is 0. The van der Waals surface area contributed by atoms with Crippen molar-refractivity contribution in [2.24, 2.45) is 10.1 Å². The van der Waals surface area contributed by atoms with Crippen LogP contribution in [-0.4, -0.2) is 22.6 Å². The minimum Gasteiger partial charge on any atom is -0.759 e. The van der Waals surface area contributed by atoms with E-state index in [-0.39, 0.29) is 22.4 Å². The molecule has 0 amide bonds. The highest BCUT2D eigenvalue weighted by Crippen LogP contribution is 2.15. The third-order valence-corrected chi connectivity index (χ3v) is 2.68. The Labute approximate surface area is 130 Å². The molecular formula is C14H13FN5O3-. The second-order valence-corrected chi connectivity index (χ2v) is 4.26. The van der Waals surface area contributed by atoms with Gasteiger partial charge in [-0.25, -0.2) is 14.8 Å². The third kappa shape index (κ3) is 4.74. The standard InChI is InChI=1S/C14H13FN5O3/c15-13-7-6-12(20(22)23)8-10(13)9-16-18-14(19-21)17-11-4-2-1-3-5-11/h1-9,22-23H,(H2-,17,18,19,21)/q-1/b16-9+. The number of para-hydroxylation sites is 1. The number of hydrogen-bond donors (Lipinski definition) is 4. The third-order valence-electron chi connectivity index (χ3n) is 2.68. The second kappa shape index (κ2) is 7.84. The lowest BCUT2D eigenvalue weighted by Crippen LogP contribution is -2.29. The van der Waals surface area contributed by atoms with Crippen molar-refractivity contribution >= 4 is 23.5 Å². The van der Waals surface area contributed by atoms with Crippen molar-refractivity contribution in [2.45, 2.75) is 0 Å². The van der Waals surface area contributed by atoms with Crippen molar-refractivity contribution in [1.29, 1.82) is 0 Å². The monoisotopic (exact) mass is 318 g/mol. The summed E-state index contributed by atoms with van der Waals surface area (Å²) < 4.78 is 13.6. The van der Waals surface area contributed by atoms with Crippen LogP contribution in [0.1, 0.15) is 5.56 Å². The molecule has 0 aliphatic carbocycles. The Morgan fingerprint density at radius 3 is 2.57 bits per heavy atom. The van der Waals surface area contributed by atoms with E-state index < -0.39 is 5.82 Å². The largest absolute Gasteiger partial charge is 0.759 e. The van der Waals surface area contributed by atoms with Gasteiger partial charge in [0.05, 0.1) is 17.6 Å². The van der Waals surface area contributed by atoms with Crippen LogP contribution >= 0.6 is 0 Å². The summed E-state index contributed by atoms with van der Waals surface area (Å²) in [5.74, 6) is -0.812. The molecule has 0 aliphatic heterocycles. The molecule has 0 radical (unpaired) electrons. The summed E-state index contributed by atoms with van der Waals surface area (Å²) in [7, 11) is 0. The highest BCUT2D eigenvalue weighted by atomic mass is 19.1. The van der Waals surface area contributed by atoms with Crippen LogP contribution in [0.3, 0.4) is 0 Å². The predicted octanol–water partition coefficient (Wildman–Crippen LogP) is 2.11.